The second-order valence-electron chi connectivity index (χ2n) is 6.00. The maximum Gasteiger partial charge on any atom is 0.410 e. The Morgan fingerprint density at radius 3 is 2.71 bits per heavy atom. The van der Waals surface area contributed by atoms with Crippen molar-refractivity contribution in [1.29, 1.82) is 0 Å². The zero-order valence-corrected chi connectivity index (χ0v) is 14.1. The Balaban J connectivity index is 2.05. The average Bonchev–Trinajstić information content (AvgIpc) is 2.40. The van der Waals surface area contributed by atoms with E-state index in [1.165, 1.54) is 5.57 Å². The van der Waals surface area contributed by atoms with Crippen LogP contribution in [0, 0.1) is 0 Å². The van der Waals surface area contributed by atoms with E-state index in [9.17, 15) is 4.79 Å². The third-order valence-electron chi connectivity index (χ3n) is 3.10. The summed E-state index contributed by atoms with van der Waals surface area (Å²) in [6.07, 6.45) is 4.30. The van der Waals surface area contributed by atoms with E-state index in [1.54, 1.807) is 11.1 Å². The van der Waals surface area contributed by atoms with Crippen LogP contribution in [0.25, 0.3) is 5.57 Å². The second kappa shape index (κ2) is 6.05. The van der Waals surface area contributed by atoms with E-state index in [-0.39, 0.29) is 6.09 Å². The van der Waals surface area contributed by atoms with Gasteiger partial charge in [-0.2, -0.15) is 0 Å². The van der Waals surface area contributed by atoms with Crippen LogP contribution in [-0.2, 0) is 4.74 Å². The molecule has 1 aliphatic heterocycles. The number of hydrogen-bond acceptors (Lipinski definition) is 4. The Morgan fingerprint density at radius 1 is 1.48 bits per heavy atom. The summed E-state index contributed by atoms with van der Waals surface area (Å²) in [5.41, 5.74) is 7.42. The molecule has 0 aliphatic carbocycles. The minimum Gasteiger partial charge on any atom is -0.444 e. The van der Waals surface area contributed by atoms with Crippen molar-refractivity contribution in [3.8, 4) is 0 Å². The second-order valence-corrected chi connectivity index (χ2v) is 6.85. The molecule has 0 saturated carbocycles. The molecule has 2 N–H and O–H groups in total. The molecule has 114 valence electrons. The highest BCUT2D eigenvalue weighted by Gasteiger charge is 2.23. The van der Waals surface area contributed by atoms with E-state index < -0.39 is 5.60 Å². The van der Waals surface area contributed by atoms with Gasteiger partial charge in [-0.15, -0.1) is 0 Å². The summed E-state index contributed by atoms with van der Waals surface area (Å²) in [6, 6.07) is 1.96. The smallest absolute Gasteiger partial charge is 0.410 e. The predicted octanol–water partition coefficient (Wildman–Crippen LogP) is 3.45. The lowest BCUT2D eigenvalue weighted by atomic mass is 10.0. The molecule has 2 heterocycles. The summed E-state index contributed by atoms with van der Waals surface area (Å²) in [4.78, 5) is 17.8. The van der Waals surface area contributed by atoms with Gasteiger partial charge in [0, 0.05) is 19.3 Å². The topological polar surface area (TPSA) is 68.5 Å². The lowest BCUT2D eigenvalue weighted by Crippen LogP contribution is -2.39. The molecule has 0 fully saturated rings. The van der Waals surface area contributed by atoms with Gasteiger partial charge in [-0.1, -0.05) is 6.08 Å². The molecule has 0 bridgehead atoms. The van der Waals surface area contributed by atoms with Crippen molar-refractivity contribution in [3.05, 3.63) is 28.4 Å². The molecule has 1 aromatic rings. The van der Waals surface area contributed by atoms with Crippen LogP contribution in [-0.4, -0.2) is 34.7 Å². The minimum absolute atomic E-state index is 0.269. The highest BCUT2D eigenvalue weighted by atomic mass is 79.9. The van der Waals surface area contributed by atoms with Crippen molar-refractivity contribution in [2.75, 3.05) is 18.8 Å². The number of hydrogen-bond donors (Lipinski definition) is 1. The Bertz CT molecular complexity index is 579. The van der Waals surface area contributed by atoms with Crippen LogP contribution in [0.15, 0.2) is 22.8 Å². The summed E-state index contributed by atoms with van der Waals surface area (Å²) in [6.45, 7) is 6.80. The number of carbonyl (C=O) groups is 1. The third kappa shape index (κ3) is 4.20. The highest BCUT2D eigenvalue weighted by molar-refractivity contribution is 9.10. The van der Waals surface area contributed by atoms with Crippen LogP contribution in [0.4, 0.5) is 10.6 Å². The van der Waals surface area contributed by atoms with Crippen LogP contribution < -0.4 is 5.73 Å². The quantitative estimate of drug-likeness (QED) is 0.839. The number of aromatic nitrogens is 1. The highest BCUT2D eigenvalue weighted by Crippen LogP contribution is 2.27. The van der Waals surface area contributed by atoms with E-state index in [4.69, 9.17) is 10.5 Å². The van der Waals surface area contributed by atoms with E-state index in [0.717, 1.165) is 16.5 Å². The number of nitrogens with two attached hydrogens (primary N) is 1. The molecular formula is C15H20BrN3O2. The molecule has 21 heavy (non-hydrogen) atoms. The maximum absolute atomic E-state index is 12.0. The fourth-order valence-corrected chi connectivity index (χ4v) is 2.40. The van der Waals surface area contributed by atoms with Gasteiger partial charge in [0.1, 0.15) is 11.4 Å². The number of amides is 1. The zero-order valence-electron chi connectivity index (χ0n) is 12.5. The largest absolute Gasteiger partial charge is 0.444 e. The fraction of sp³-hybridized carbons (Fsp3) is 0.467. The Kier molecular flexibility index (Phi) is 4.56. The monoisotopic (exact) mass is 353 g/mol. The first-order valence-electron chi connectivity index (χ1n) is 6.84. The van der Waals surface area contributed by atoms with E-state index in [1.807, 2.05) is 32.9 Å². The van der Waals surface area contributed by atoms with E-state index >= 15 is 0 Å². The van der Waals surface area contributed by atoms with Crippen LogP contribution in [0.1, 0.15) is 32.8 Å². The molecular weight excluding hydrogens is 334 g/mol. The van der Waals surface area contributed by atoms with Gasteiger partial charge in [0.2, 0.25) is 0 Å². The van der Waals surface area contributed by atoms with E-state index in [0.29, 0.717) is 18.9 Å². The van der Waals surface area contributed by atoms with Gasteiger partial charge < -0.3 is 15.4 Å². The number of ether oxygens (including phenoxy) is 1. The first-order chi connectivity index (χ1) is 9.76. The molecule has 0 saturated heterocycles. The van der Waals surface area contributed by atoms with Gasteiger partial charge in [0.05, 0.1) is 4.47 Å². The van der Waals surface area contributed by atoms with Crippen molar-refractivity contribution in [2.24, 2.45) is 0 Å². The van der Waals surface area contributed by atoms with E-state index in [2.05, 4.69) is 20.9 Å². The molecule has 0 atom stereocenters. The lowest BCUT2D eigenvalue weighted by molar-refractivity contribution is 0.0270. The number of nitrogen functional groups attached to an aromatic ring is 1. The molecule has 5 nitrogen and oxygen atoms in total. The van der Waals surface area contributed by atoms with Crippen molar-refractivity contribution in [3.63, 3.8) is 0 Å². The summed E-state index contributed by atoms with van der Waals surface area (Å²) in [5.74, 6) is 0.477. The molecule has 0 spiro atoms. The summed E-state index contributed by atoms with van der Waals surface area (Å²) >= 11 is 3.38. The van der Waals surface area contributed by atoms with Gasteiger partial charge in [0.25, 0.3) is 0 Å². The van der Waals surface area contributed by atoms with Gasteiger partial charge in [-0.25, -0.2) is 9.78 Å². The summed E-state index contributed by atoms with van der Waals surface area (Å²) < 4.78 is 6.16. The number of nitrogens with zero attached hydrogens (tertiary/aromatic N) is 2. The molecule has 0 aromatic carbocycles. The summed E-state index contributed by atoms with van der Waals surface area (Å²) in [5, 5.41) is 0. The Hall–Kier alpha value is -1.56. The molecule has 1 aromatic heterocycles. The molecule has 2 rings (SSSR count). The van der Waals surface area contributed by atoms with Crippen molar-refractivity contribution >= 4 is 33.4 Å². The van der Waals surface area contributed by atoms with Gasteiger partial charge in [0.15, 0.2) is 0 Å². The first-order valence-corrected chi connectivity index (χ1v) is 7.64. The number of carbonyl (C=O) groups excluding carboxylic acids is 1. The van der Waals surface area contributed by atoms with Gasteiger partial charge >= 0.3 is 6.09 Å². The first kappa shape index (κ1) is 15.8. The fourth-order valence-electron chi connectivity index (χ4n) is 2.05. The number of rotatable bonds is 1. The minimum atomic E-state index is -0.465. The Morgan fingerprint density at radius 2 is 2.19 bits per heavy atom. The van der Waals surface area contributed by atoms with Crippen LogP contribution in [0.5, 0.6) is 0 Å². The normalized spacial score (nSPS) is 15.6. The van der Waals surface area contributed by atoms with Crippen LogP contribution in [0.2, 0.25) is 0 Å². The zero-order chi connectivity index (χ0) is 15.6. The van der Waals surface area contributed by atoms with Crippen LogP contribution >= 0.6 is 15.9 Å². The number of pyridine rings is 1. The lowest BCUT2D eigenvalue weighted by Gasteiger charge is -2.29. The molecule has 1 aliphatic rings. The molecule has 1 amide bonds. The van der Waals surface area contributed by atoms with Gasteiger partial charge in [-0.05, 0) is 60.3 Å². The van der Waals surface area contributed by atoms with Gasteiger partial charge in [-0.3, -0.25) is 0 Å². The Labute approximate surface area is 133 Å². The summed E-state index contributed by atoms with van der Waals surface area (Å²) in [7, 11) is 0. The molecule has 0 unspecified atom stereocenters. The molecule has 6 heteroatoms. The predicted molar refractivity (Wildman–Crippen MR) is 86.8 cm³/mol. The van der Waals surface area contributed by atoms with Crippen LogP contribution in [0.3, 0.4) is 0 Å². The van der Waals surface area contributed by atoms with Crippen molar-refractivity contribution in [1.82, 2.24) is 9.88 Å². The third-order valence-corrected chi connectivity index (χ3v) is 3.74. The number of anilines is 1. The van der Waals surface area contributed by atoms with Crippen molar-refractivity contribution in [2.45, 2.75) is 32.8 Å². The number of halogens is 1. The average molecular weight is 354 g/mol. The van der Waals surface area contributed by atoms with Crippen molar-refractivity contribution < 1.29 is 9.53 Å². The maximum atomic E-state index is 12.0. The SMILES string of the molecule is CC(C)(C)OC(=O)N1CC=C(c2cnc(N)c(Br)c2)CC1. The molecule has 0 radical (unpaired) electrons. The standard InChI is InChI=1S/C15H20BrN3O2/c1-15(2,3)21-14(20)19-6-4-10(5-7-19)11-8-12(16)13(17)18-9-11/h4,8-9H,5-7H2,1-3H3,(H2,17,18).